The van der Waals surface area contributed by atoms with Gasteiger partial charge in [-0.3, -0.25) is 0 Å². The molecule has 0 aromatic carbocycles. The molecule has 1 aliphatic heterocycles. The molecule has 0 aliphatic carbocycles. The molecule has 2 N–H and O–H groups in total. The number of rotatable bonds is 3. The Morgan fingerprint density at radius 3 is 3.00 bits per heavy atom. The van der Waals surface area contributed by atoms with Gasteiger partial charge in [-0.2, -0.15) is 0 Å². The van der Waals surface area contributed by atoms with Crippen LogP contribution in [0.15, 0.2) is 12.1 Å². The molecular weight excluding hydrogens is 238 g/mol. The minimum atomic E-state index is 0.288. The Morgan fingerprint density at radius 1 is 1.53 bits per heavy atom. The second-order valence-corrected chi connectivity index (χ2v) is 4.84. The second kappa shape index (κ2) is 5.56. The number of pyridine rings is 1. The molecule has 1 aromatic heterocycles. The van der Waals surface area contributed by atoms with Crippen LogP contribution in [0.1, 0.15) is 19.3 Å². The first-order chi connectivity index (χ1) is 8.15. The fraction of sp³-hybridized carbons (Fsp3) is 0.583. The Balaban J connectivity index is 2.00. The fourth-order valence-corrected chi connectivity index (χ4v) is 2.26. The predicted molar refractivity (Wildman–Crippen MR) is 70.5 cm³/mol. The number of aromatic nitrogens is 1. The number of ether oxygens (including phenoxy) is 1. The number of halogens is 1. The summed E-state index contributed by atoms with van der Waals surface area (Å²) < 4.78 is 5.70. The van der Waals surface area contributed by atoms with Crippen LogP contribution >= 0.6 is 11.6 Å². The third kappa shape index (κ3) is 3.48. The number of nitrogen functional groups attached to an aromatic ring is 1. The van der Waals surface area contributed by atoms with Crippen LogP contribution in [0.4, 0.5) is 11.5 Å². The van der Waals surface area contributed by atoms with Crippen LogP contribution in [0.25, 0.3) is 0 Å². The van der Waals surface area contributed by atoms with Crippen LogP contribution < -0.4 is 10.6 Å². The average molecular weight is 256 g/mol. The van der Waals surface area contributed by atoms with Crippen molar-refractivity contribution in [3.63, 3.8) is 0 Å². The third-order valence-corrected chi connectivity index (χ3v) is 3.14. The van der Waals surface area contributed by atoms with Crippen molar-refractivity contribution in [3.8, 4) is 0 Å². The molecular formula is C12H18ClN3O. The molecule has 1 fully saturated rings. The zero-order chi connectivity index (χ0) is 12.3. The number of hydrogen-bond donors (Lipinski definition) is 1. The number of anilines is 2. The zero-order valence-electron chi connectivity index (χ0n) is 10.0. The summed E-state index contributed by atoms with van der Waals surface area (Å²) >= 11 is 5.89. The van der Waals surface area contributed by atoms with Gasteiger partial charge in [0.25, 0.3) is 0 Å². The molecule has 5 heteroatoms. The molecule has 4 nitrogen and oxygen atoms in total. The molecule has 0 radical (unpaired) electrons. The van der Waals surface area contributed by atoms with Crippen LogP contribution in [-0.4, -0.2) is 31.3 Å². The molecule has 1 aliphatic rings. The molecule has 1 unspecified atom stereocenters. The van der Waals surface area contributed by atoms with E-state index in [1.165, 1.54) is 12.8 Å². The molecule has 0 spiro atoms. The van der Waals surface area contributed by atoms with Gasteiger partial charge in [-0.25, -0.2) is 4.98 Å². The smallest absolute Gasteiger partial charge is 0.133 e. The molecule has 0 saturated carbocycles. The maximum atomic E-state index is 5.89. The highest BCUT2D eigenvalue weighted by Crippen LogP contribution is 2.20. The topological polar surface area (TPSA) is 51.4 Å². The zero-order valence-corrected chi connectivity index (χ0v) is 10.8. The minimum absolute atomic E-state index is 0.288. The summed E-state index contributed by atoms with van der Waals surface area (Å²) in [6, 6.07) is 3.48. The molecule has 1 saturated heterocycles. The Hall–Kier alpha value is -1.00. The molecule has 2 rings (SSSR count). The first kappa shape index (κ1) is 12.5. The van der Waals surface area contributed by atoms with Gasteiger partial charge in [-0.1, -0.05) is 11.6 Å². The van der Waals surface area contributed by atoms with E-state index in [1.807, 2.05) is 18.0 Å². The summed E-state index contributed by atoms with van der Waals surface area (Å²) in [6.07, 6.45) is 3.81. The maximum absolute atomic E-state index is 5.89. The van der Waals surface area contributed by atoms with Gasteiger partial charge in [0, 0.05) is 32.0 Å². The summed E-state index contributed by atoms with van der Waals surface area (Å²) in [5.41, 5.74) is 6.38. The standard InChI is InChI=1S/C12H18ClN3O/c1-16(8-10-4-2-3-5-17-10)12-7-9(14)6-11(13)15-12/h6-7,10H,2-5,8H2,1H3,(H2,14,15). The third-order valence-electron chi connectivity index (χ3n) is 2.95. The van der Waals surface area contributed by atoms with Gasteiger partial charge in [0.05, 0.1) is 6.10 Å². The van der Waals surface area contributed by atoms with Crippen LogP contribution in [-0.2, 0) is 4.74 Å². The lowest BCUT2D eigenvalue weighted by Gasteiger charge is -2.28. The minimum Gasteiger partial charge on any atom is -0.399 e. The van der Waals surface area contributed by atoms with Crippen molar-refractivity contribution in [1.82, 2.24) is 4.98 Å². The quantitative estimate of drug-likeness (QED) is 0.843. The van der Waals surface area contributed by atoms with E-state index in [1.54, 1.807) is 6.07 Å². The van der Waals surface area contributed by atoms with Crippen molar-refractivity contribution < 1.29 is 4.74 Å². The molecule has 0 bridgehead atoms. The number of likely N-dealkylation sites (N-methyl/N-ethyl adjacent to an activating group) is 1. The van der Waals surface area contributed by atoms with E-state index >= 15 is 0 Å². The summed E-state index contributed by atoms with van der Waals surface area (Å²) in [5, 5.41) is 0.427. The summed E-state index contributed by atoms with van der Waals surface area (Å²) in [5.74, 6) is 0.796. The molecule has 0 amide bonds. The van der Waals surface area contributed by atoms with Gasteiger partial charge < -0.3 is 15.4 Å². The molecule has 17 heavy (non-hydrogen) atoms. The summed E-state index contributed by atoms with van der Waals surface area (Å²) in [6.45, 7) is 1.69. The van der Waals surface area contributed by atoms with Crippen molar-refractivity contribution in [2.24, 2.45) is 0 Å². The first-order valence-electron chi connectivity index (χ1n) is 5.91. The van der Waals surface area contributed by atoms with E-state index in [4.69, 9.17) is 22.1 Å². The lowest BCUT2D eigenvalue weighted by Crippen LogP contribution is -2.33. The Labute approximate surface area is 107 Å². The van der Waals surface area contributed by atoms with Crippen LogP contribution in [0, 0.1) is 0 Å². The van der Waals surface area contributed by atoms with E-state index in [-0.39, 0.29) is 6.10 Å². The van der Waals surface area contributed by atoms with Crippen LogP contribution in [0.2, 0.25) is 5.15 Å². The molecule has 94 valence electrons. The number of nitrogens with zero attached hydrogens (tertiary/aromatic N) is 2. The normalized spacial score (nSPS) is 20.2. The Morgan fingerprint density at radius 2 is 2.35 bits per heavy atom. The molecule has 2 heterocycles. The highest BCUT2D eigenvalue weighted by molar-refractivity contribution is 6.29. The highest BCUT2D eigenvalue weighted by Gasteiger charge is 2.17. The predicted octanol–water partition coefficient (Wildman–Crippen LogP) is 2.32. The van der Waals surface area contributed by atoms with Crippen molar-refractivity contribution >= 4 is 23.1 Å². The van der Waals surface area contributed by atoms with Gasteiger partial charge >= 0.3 is 0 Å². The number of hydrogen-bond acceptors (Lipinski definition) is 4. The molecule has 1 atom stereocenters. The van der Waals surface area contributed by atoms with Gasteiger partial charge in [0.1, 0.15) is 11.0 Å². The van der Waals surface area contributed by atoms with Crippen molar-refractivity contribution in [2.75, 3.05) is 30.8 Å². The first-order valence-corrected chi connectivity index (χ1v) is 6.29. The highest BCUT2D eigenvalue weighted by atomic mass is 35.5. The summed E-state index contributed by atoms with van der Waals surface area (Å²) in [7, 11) is 1.98. The summed E-state index contributed by atoms with van der Waals surface area (Å²) in [4.78, 5) is 6.30. The van der Waals surface area contributed by atoms with Crippen molar-refractivity contribution in [1.29, 1.82) is 0 Å². The largest absolute Gasteiger partial charge is 0.399 e. The lowest BCUT2D eigenvalue weighted by atomic mass is 10.1. The fourth-order valence-electron chi connectivity index (χ4n) is 2.05. The number of nitrogens with two attached hydrogens (primary N) is 1. The molecule has 1 aromatic rings. The van der Waals surface area contributed by atoms with Crippen molar-refractivity contribution in [2.45, 2.75) is 25.4 Å². The average Bonchev–Trinajstić information content (AvgIpc) is 2.29. The lowest BCUT2D eigenvalue weighted by molar-refractivity contribution is 0.0215. The van der Waals surface area contributed by atoms with E-state index in [0.717, 1.165) is 25.4 Å². The SMILES string of the molecule is CN(CC1CCCCO1)c1cc(N)cc(Cl)n1. The van der Waals surface area contributed by atoms with E-state index in [9.17, 15) is 0 Å². The second-order valence-electron chi connectivity index (χ2n) is 4.45. The van der Waals surface area contributed by atoms with Gasteiger partial charge in [-0.15, -0.1) is 0 Å². The maximum Gasteiger partial charge on any atom is 0.133 e. The van der Waals surface area contributed by atoms with Crippen molar-refractivity contribution in [3.05, 3.63) is 17.3 Å². The van der Waals surface area contributed by atoms with Gasteiger partial charge in [0.15, 0.2) is 0 Å². The van der Waals surface area contributed by atoms with Crippen LogP contribution in [0.5, 0.6) is 0 Å². The van der Waals surface area contributed by atoms with Gasteiger partial charge in [0.2, 0.25) is 0 Å². The van der Waals surface area contributed by atoms with E-state index < -0.39 is 0 Å². The van der Waals surface area contributed by atoms with E-state index in [0.29, 0.717) is 10.8 Å². The Kier molecular flexibility index (Phi) is 4.07. The van der Waals surface area contributed by atoms with E-state index in [2.05, 4.69) is 4.98 Å². The van der Waals surface area contributed by atoms with Gasteiger partial charge in [-0.05, 0) is 25.3 Å². The monoisotopic (exact) mass is 255 g/mol. The van der Waals surface area contributed by atoms with Crippen LogP contribution in [0.3, 0.4) is 0 Å². The Bertz CT molecular complexity index is 360.